The summed E-state index contributed by atoms with van der Waals surface area (Å²) in [7, 11) is 2.06. The minimum atomic E-state index is -0.282. The summed E-state index contributed by atoms with van der Waals surface area (Å²) in [6.45, 7) is 8.66. The van der Waals surface area contributed by atoms with E-state index in [1.807, 2.05) is 6.92 Å². The summed E-state index contributed by atoms with van der Waals surface area (Å²) in [4.78, 5) is 17.2. The van der Waals surface area contributed by atoms with E-state index in [1.165, 1.54) is 5.69 Å². The number of rotatable bonds is 6. The van der Waals surface area contributed by atoms with Gasteiger partial charge in [0.1, 0.15) is 6.04 Å². The summed E-state index contributed by atoms with van der Waals surface area (Å²) < 4.78 is 13.0. The number of ether oxygens (including phenoxy) is 2. The van der Waals surface area contributed by atoms with Crippen LogP contribution in [0.2, 0.25) is 0 Å². The van der Waals surface area contributed by atoms with Crippen LogP contribution < -0.4 is 0 Å². The number of hydrogen-bond acceptors (Lipinski definition) is 5. The van der Waals surface area contributed by atoms with E-state index in [0.717, 1.165) is 64.5 Å². The van der Waals surface area contributed by atoms with Gasteiger partial charge in [-0.05, 0) is 45.0 Å². The van der Waals surface area contributed by atoms with Crippen molar-refractivity contribution in [3.8, 4) is 0 Å². The second-order valence-corrected chi connectivity index (χ2v) is 6.59. The summed E-state index contributed by atoms with van der Waals surface area (Å²) in [6.07, 6.45) is 2.31. The fourth-order valence-corrected chi connectivity index (χ4v) is 3.67. The zero-order chi connectivity index (χ0) is 16.9. The first-order chi connectivity index (χ1) is 11.7. The predicted molar refractivity (Wildman–Crippen MR) is 91.7 cm³/mol. The molecular weight excluding hydrogens is 306 g/mol. The van der Waals surface area contributed by atoms with Crippen molar-refractivity contribution in [2.45, 2.75) is 32.4 Å². The largest absolute Gasteiger partial charge is 0.465 e. The van der Waals surface area contributed by atoms with Gasteiger partial charge in [-0.2, -0.15) is 0 Å². The number of aromatic nitrogens is 1. The Bertz CT molecular complexity index is 546. The smallest absolute Gasteiger partial charge is 0.329 e. The molecule has 6 heteroatoms. The van der Waals surface area contributed by atoms with Crippen molar-refractivity contribution in [2.75, 3.05) is 46.0 Å². The van der Waals surface area contributed by atoms with Crippen LogP contribution in [0.5, 0.6) is 0 Å². The lowest BCUT2D eigenvalue weighted by Crippen LogP contribution is -2.37. The first kappa shape index (κ1) is 17.5. The summed E-state index contributed by atoms with van der Waals surface area (Å²) in [6, 6.07) is 3.96. The fraction of sp³-hybridized carbons (Fsp3) is 0.722. The van der Waals surface area contributed by atoms with Crippen molar-refractivity contribution in [3.05, 3.63) is 23.5 Å². The van der Waals surface area contributed by atoms with Crippen LogP contribution in [0.15, 0.2) is 12.1 Å². The van der Waals surface area contributed by atoms with Crippen LogP contribution in [0.3, 0.4) is 0 Å². The van der Waals surface area contributed by atoms with Gasteiger partial charge in [0.25, 0.3) is 0 Å². The maximum atomic E-state index is 12.6. The van der Waals surface area contributed by atoms with Crippen LogP contribution in [0.25, 0.3) is 0 Å². The van der Waals surface area contributed by atoms with E-state index in [-0.39, 0.29) is 12.0 Å². The van der Waals surface area contributed by atoms with Gasteiger partial charge in [-0.15, -0.1) is 0 Å². The third kappa shape index (κ3) is 3.82. The lowest BCUT2D eigenvalue weighted by Gasteiger charge is -2.28. The number of esters is 1. The molecule has 3 rings (SSSR count). The molecule has 6 nitrogen and oxygen atoms in total. The van der Waals surface area contributed by atoms with Gasteiger partial charge in [-0.1, -0.05) is 0 Å². The standard InChI is InChI=1S/C18H29N3O3/c1-3-24-18(22)17(21-8-4-5-9-21)16-7-6-15(19(16)2)14-20-10-12-23-13-11-20/h6-7,17H,3-5,8-14H2,1-2H3. The van der Waals surface area contributed by atoms with Gasteiger partial charge < -0.3 is 14.0 Å². The van der Waals surface area contributed by atoms with Crippen LogP contribution in [0.4, 0.5) is 0 Å². The molecule has 2 saturated heterocycles. The van der Waals surface area contributed by atoms with Crippen LogP contribution in [-0.4, -0.2) is 66.3 Å². The van der Waals surface area contributed by atoms with Crippen LogP contribution >= 0.6 is 0 Å². The molecular formula is C18H29N3O3. The number of likely N-dealkylation sites (tertiary alicyclic amines) is 1. The number of carbonyl (C=O) groups excluding carboxylic acids is 1. The number of morpholine rings is 1. The highest BCUT2D eigenvalue weighted by Crippen LogP contribution is 2.28. The molecule has 3 heterocycles. The first-order valence-corrected chi connectivity index (χ1v) is 9.06. The van der Waals surface area contributed by atoms with Crippen LogP contribution in [0.1, 0.15) is 37.2 Å². The quantitative estimate of drug-likeness (QED) is 0.738. The SMILES string of the molecule is CCOC(=O)C(c1ccc(CN2CCOCC2)n1C)N1CCCC1. The van der Waals surface area contributed by atoms with E-state index in [4.69, 9.17) is 9.47 Å². The molecule has 1 aromatic heterocycles. The third-order valence-corrected chi connectivity index (χ3v) is 5.05. The summed E-state index contributed by atoms with van der Waals surface area (Å²) in [5.41, 5.74) is 2.28. The molecule has 1 atom stereocenters. The Morgan fingerprint density at radius 3 is 2.58 bits per heavy atom. The minimum absolute atomic E-state index is 0.126. The van der Waals surface area contributed by atoms with Gasteiger partial charge in [0.15, 0.2) is 0 Å². The van der Waals surface area contributed by atoms with Crippen LogP contribution in [0, 0.1) is 0 Å². The number of hydrogen-bond donors (Lipinski definition) is 0. The molecule has 0 N–H and O–H groups in total. The fourth-order valence-electron chi connectivity index (χ4n) is 3.67. The highest BCUT2D eigenvalue weighted by atomic mass is 16.5. The molecule has 1 unspecified atom stereocenters. The number of nitrogens with zero attached hydrogens (tertiary/aromatic N) is 3. The lowest BCUT2D eigenvalue weighted by molar-refractivity contribution is -0.149. The molecule has 134 valence electrons. The van der Waals surface area contributed by atoms with Crippen molar-refractivity contribution in [3.63, 3.8) is 0 Å². The van der Waals surface area contributed by atoms with E-state index in [1.54, 1.807) is 0 Å². The van der Waals surface area contributed by atoms with Gasteiger partial charge in [0, 0.05) is 38.1 Å². The molecule has 2 aliphatic heterocycles. The molecule has 0 bridgehead atoms. The monoisotopic (exact) mass is 335 g/mol. The van der Waals surface area contributed by atoms with Crippen molar-refractivity contribution in [1.82, 2.24) is 14.4 Å². The third-order valence-electron chi connectivity index (χ3n) is 5.05. The molecule has 0 radical (unpaired) electrons. The van der Waals surface area contributed by atoms with Crippen molar-refractivity contribution >= 4 is 5.97 Å². The minimum Gasteiger partial charge on any atom is -0.465 e. The van der Waals surface area contributed by atoms with Gasteiger partial charge >= 0.3 is 5.97 Å². The molecule has 2 aliphatic rings. The molecule has 0 saturated carbocycles. The van der Waals surface area contributed by atoms with Gasteiger partial charge in [-0.3, -0.25) is 9.80 Å². The van der Waals surface area contributed by atoms with E-state index in [0.29, 0.717) is 6.61 Å². The molecule has 0 amide bonds. The van der Waals surface area contributed by atoms with E-state index >= 15 is 0 Å². The first-order valence-electron chi connectivity index (χ1n) is 9.06. The van der Waals surface area contributed by atoms with Crippen molar-refractivity contribution in [1.29, 1.82) is 0 Å². The Kier molecular flexibility index (Phi) is 5.92. The van der Waals surface area contributed by atoms with Crippen LogP contribution in [-0.2, 0) is 27.9 Å². The highest BCUT2D eigenvalue weighted by molar-refractivity contribution is 5.77. The summed E-state index contributed by atoms with van der Waals surface area (Å²) in [5.74, 6) is -0.126. The van der Waals surface area contributed by atoms with Gasteiger partial charge in [0.2, 0.25) is 0 Å². The highest BCUT2D eigenvalue weighted by Gasteiger charge is 2.33. The molecule has 0 aromatic carbocycles. The average molecular weight is 335 g/mol. The zero-order valence-corrected chi connectivity index (χ0v) is 14.9. The van der Waals surface area contributed by atoms with E-state index < -0.39 is 0 Å². The summed E-state index contributed by atoms with van der Waals surface area (Å²) >= 11 is 0. The Hall–Kier alpha value is -1.37. The van der Waals surface area contributed by atoms with E-state index in [9.17, 15) is 4.79 Å². The molecule has 0 aliphatic carbocycles. The second kappa shape index (κ2) is 8.14. The van der Waals surface area contributed by atoms with Crippen molar-refractivity contribution in [2.24, 2.45) is 7.05 Å². The molecule has 0 spiro atoms. The Labute approximate surface area is 144 Å². The normalized spacial score (nSPS) is 21.1. The predicted octanol–water partition coefficient (Wildman–Crippen LogP) is 1.56. The average Bonchev–Trinajstić information content (AvgIpc) is 3.22. The molecule has 2 fully saturated rings. The zero-order valence-electron chi connectivity index (χ0n) is 14.9. The topological polar surface area (TPSA) is 46.9 Å². The van der Waals surface area contributed by atoms with E-state index in [2.05, 4.69) is 33.5 Å². The summed E-state index contributed by atoms with van der Waals surface area (Å²) in [5, 5.41) is 0. The molecule has 24 heavy (non-hydrogen) atoms. The second-order valence-electron chi connectivity index (χ2n) is 6.59. The van der Waals surface area contributed by atoms with Gasteiger partial charge in [0.05, 0.1) is 19.8 Å². The maximum absolute atomic E-state index is 12.6. The number of carbonyl (C=O) groups is 1. The van der Waals surface area contributed by atoms with Gasteiger partial charge in [-0.25, -0.2) is 4.79 Å². The Balaban J connectivity index is 1.78. The Morgan fingerprint density at radius 1 is 1.21 bits per heavy atom. The van der Waals surface area contributed by atoms with Crippen molar-refractivity contribution < 1.29 is 14.3 Å². The molecule has 1 aromatic rings. The Morgan fingerprint density at radius 2 is 1.92 bits per heavy atom. The maximum Gasteiger partial charge on any atom is 0.329 e. The lowest BCUT2D eigenvalue weighted by atomic mass is 10.2.